The monoisotopic (exact) mass is 273 g/mol. The third-order valence-electron chi connectivity index (χ3n) is 2.66. The van der Waals surface area contributed by atoms with Gasteiger partial charge in [0.1, 0.15) is 4.90 Å². The Hall–Kier alpha value is -0.920. The van der Waals surface area contributed by atoms with E-state index in [9.17, 15) is 8.42 Å². The Kier molecular flexibility index (Phi) is 3.50. The zero-order valence-electron chi connectivity index (χ0n) is 9.22. The Morgan fingerprint density at radius 2 is 2.18 bits per heavy atom. The molecule has 0 saturated carbocycles. The van der Waals surface area contributed by atoms with Crippen molar-refractivity contribution in [3.8, 4) is 0 Å². The van der Waals surface area contributed by atoms with E-state index in [-0.39, 0.29) is 10.6 Å². The molecule has 0 aliphatic carbocycles. The van der Waals surface area contributed by atoms with E-state index in [4.69, 9.17) is 10.9 Å². The Balaban J connectivity index is 2.29. The molecule has 2 rings (SSSR count). The van der Waals surface area contributed by atoms with E-state index in [1.165, 1.54) is 6.07 Å². The van der Waals surface area contributed by atoms with Gasteiger partial charge in [0.2, 0.25) is 10.0 Å². The van der Waals surface area contributed by atoms with E-state index in [0.717, 1.165) is 17.9 Å². The quantitative estimate of drug-likeness (QED) is 0.709. The first-order chi connectivity index (χ1) is 7.98. The summed E-state index contributed by atoms with van der Waals surface area (Å²) >= 11 is 1.87. The van der Waals surface area contributed by atoms with Crippen LogP contribution in [0.3, 0.4) is 0 Å². The predicted octanol–water partition coefficient (Wildman–Crippen LogP) is 0.834. The van der Waals surface area contributed by atoms with Crippen LogP contribution in [0.4, 0.5) is 11.4 Å². The Labute approximate surface area is 105 Å². The summed E-state index contributed by atoms with van der Waals surface area (Å²) in [7, 11) is -3.76. The minimum Gasteiger partial charge on any atom is -0.396 e. The van der Waals surface area contributed by atoms with Crippen molar-refractivity contribution in [2.24, 2.45) is 5.14 Å². The number of benzene rings is 1. The summed E-state index contributed by atoms with van der Waals surface area (Å²) in [6.07, 6.45) is 1.06. The fourth-order valence-electron chi connectivity index (χ4n) is 1.79. The van der Waals surface area contributed by atoms with Crippen LogP contribution in [0, 0.1) is 0 Å². The van der Waals surface area contributed by atoms with Crippen molar-refractivity contribution in [1.29, 1.82) is 0 Å². The van der Waals surface area contributed by atoms with Crippen molar-refractivity contribution in [3.05, 3.63) is 18.2 Å². The highest BCUT2D eigenvalue weighted by Crippen LogP contribution is 2.28. The average molecular weight is 273 g/mol. The van der Waals surface area contributed by atoms with Gasteiger partial charge >= 0.3 is 0 Å². The standard InChI is InChI=1S/C10H15N3O2S2/c11-10-8(13-7-4-5-16-6-7)2-1-3-9(10)17(12,14)15/h1-3,7,13H,4-6,11H2,(H2,12,14,15). The number of para-hydroxylation sites is 1. The lowest BCUT2D eigenvalue weighted by Crippen LogP contribution is -2.20. The molecule has 94 valence electrons. The van der Waals surface area contributed by atoms with E-state index < -0.39 is 10.0 Å². The molecular weight excluding hydrogens is 258 g/mol. The van der Waals surface area contributed by atoms with Crippen molar-refractivity contribution in [2.45, 2.75) is 17.4 Å². The van der Waals surface area contributed by atoms with Crippen LogP contribution < -0.4 is 16.2 Å². The van der Waals surface area contributed by atoms with Crippen LogP contribution in [0.1, 0.15) is 6.42 Å². The number of nitrogen functional groups attached to an aromatic ring is 1. The number of rotatable bonds is 3. The van der Waals surface area contributed by atoms with Gasteiger partial charge in [-0.2, -0.15) is 11.8 Å². The minimum atomic E-state index is -3.76. The van der Waals surface area contributed by atoms with Crippen LogP contribution in [-0.2, 0) is 10.0 Å². The van der Waals surface area contributed by atoms with Gasteiger partial charge in [-0.3, -0.25) is 0 Å². The molecule has 1 fully saturated rings. The molecular formula is C10H15N3O2S2. The highest BCUT2D eigenvalue weighted by atomic mass is 32.2. The number of nitrogens with one attached hydrogen (secondary N) is 1. The van der Waals surface area contributed by atoms with Crippen LogP contribution in [0.15, 0.2) is 23.1 Å². The fraction of sp³-hybridized carbons (Fsp3) is 0.400. The highest BCUT2D eigenvalue weighted by Gasteiger charge is 2.19. The number of primary sulfonamides is 1. The normalized spacial score (nSPS) is 20.4. The molecule has 5 nitrogen and oxygen atoms in total. The molecule has 1 aromatic rings. The summed E-state index contributed by atoms with van der Waals surface area (Å²) in [6.45, 7) is 0. The van der Waals surface area contributed by atoms with Crippen molar-refractivity contribution in [2.75, 3.05) is 22.6 Å². The lowest BCUT2D eigenvalue weighted by Gasteiger charge is -2.16. The summed E-state index contributed by atoms with van der Waals surface area (Å²) in [4.78, 5) is -0.0202. The number of thioether (sulfide) groups is 1. The van der Waals surface area contributed by atoms with E-state index in [1.807, 2.05) is 11.8 Å². The topological polar surface area (TPSA) is 98.2 Å². The van der Waals surface area contributed by atoms with Crippen LogP contribution in [0.25, 0.3) is 0 Å². The summed E-state index contributed by atoms with van der Waals surface area (Å²) in [5, 5.41) is 8.35. The summed E-state index contributed by atoms with van der Waals surface area (Å²) in [5.41, 5.74) is 6.66. The summed E-state index contributed by atoms with van der Waals surface area (Å²) in [5.74, 6) is 2.13. The largest absolute Gasteiger partial charge is 0.396 e. The first-order valence-electron chi connectivity index (χ1n) is 5.24. The van der Waals surface area contributed by atoms with Gasteiger partial charge in [0, 0.05) is 11.8 Å². The fourth-order valence-corrected chi connectivity index (χ4v) is 3.62. The second-order valence-electron chi connectivity index (χ2n) is 3.97. The minimum absolute atomic E-state index is 0.0202. The number of sulfonamides is 1. The van der Waals surface area contributed by atoms with Gasteiger partial charge in [-0.15, -0.1) is 0 Å². The molecule has 0 bridgehead atoms. The molecule has 17 heavy (non-hydrogen) atoms. The maximum absolute atomic E-state index is 11.3. The van der Waals surface area contributed by atoms with Crippen molar-refractivity contribution in [3.63, 3.8) is 0 Å². The van der Waals surface area contributed by atoms with Gasteiger partial charge in [-0.25, -0.2) is 13.6 Å². The Morgan fingerprint density at radius 3 is 2.76 bits per heavy atom. The SMILES string of the molecule is Nc1c(NC2CCSC2)cccc1S(N)(=O)=O. The second-order valence-corrected chi connectivity index (χ2v) is 6.65. The van der Waals surface area contributed by atoms with Crippen LogP contribution >= 0.6 is 11.8 Å². The molecule has 1 unspecified atom stereocenters. The van der Waals surface area contributed by atoms with E-state index in [2.05, 4.69) is 5.32 Å². The highest BCUT2D eigenvalue weighted by molar-refractivity contribution is 7.99. The van der Waals surface area contributed by atoms with Crippen molar-refractivity contribution in [1.82, 2.24) is 0 Å². The first-order valence-corrected chi connectivity index (χ1v) is 7.94. The number of hydrogen-bond acceptors (Lipinski definition) is 5. The van der Waals surface area contributed by atoms with Crippen molar-refractivity contribution < 1.29 is 8.42 Å². The van der Waals surface area contributed by atoms with Crippen LogP contribution in [0.2, 0.25) is 0 Å². The molecule has 0 amide bonds. The molecule has 0 radical (unpaired) electrons. The summed E-state index contributed by atoms with van der Waals surface area (Å²) < 4.78 is 22.6. The van der Waals surface area contributed by atoms with Gasteiger partial charge in [0.25, 0.3) is 0 Å². The van der Waals surface area contributed by atoms with Gasteiger partial charge in [0.05, 0.1) is 11.4 Å². The smallest absolute Gasteiger partial charge is 0.240 e. The molecule has 0 aromatic heterocycles. The van der Waals surface area contributed by atoms with Crippen LogP contribution in [-0.4, -0.2) is 26.0 Å². The molecule has 1 heterocycles. The van der Waals surface area contributed by atoms with Gasteiger partial charge < -0.3 is 11.1 Å². The van der Waals surface area contributed by atoms with E-state index in [1.54, 1.807) is 12.1 Å². The molecule has 1 aliphatic heterocycles. The van der Waals surface area contributed by atoms with E-state index in [0.29, 0.717) is 11.7 Å². The lowest BCUT2D eigenvalue weighted by molar-refractivity contribution is 0.598. The molecule has 7 heteroatoms. The molecule has 5 N–H and O–H groups in total. The molecule has 1 aliphatic rings. The average Bonchev–Trinajstić information content (AvgIpc) is 2.72. The molecule has 1 saturated heterocycles. The third kappa shape index (κ3) is 2.85. The zero-order chi connectivity index (χ0) is 12.5. The van der Waals surface area contributed by atoms with E-state index >= 15 is 0 Å². The van der Waals surface area contributed by atoms with Gasteiger partial charge in [0.15, 0.2) is 0 Å². The second kappa shape index (κ2) is 4.75. The lowest BCUT2D eigenvalue weighted by atomic mass is 10.2. The summed E-state index contributed by atoms with van der Waals surface area (Å²) in [6, 6.07) is 5.17. The van der Waals surface area contributed by atoms with Gasteiger partial charge in [-0.1, -0.05) is 6.07 Å². The number of nitrogens with two attached hydrogens (primary N) is 2. The van der Waals surface area contributed by atoms with Crippen LogP contribution in [0.5, 0.6) is 0 Å². The number of hydrogen-bond donors (Lipinski definition) is 3. The molecule has 1 atom stereocenters. The number of anilines is 2. The van der Waals surface area contributed by atoms with Gasteiger partial charge in [-0.05, 0) is 24.3 Å². The Morgan fingerprint density at radius 1 is 1.41 bits per heavy atom. The molecule has 0 spiro atoms. The maximum Gasteiger partial charge on any atom is 0.240 e. The maximum atomic E-state index is 11.3. The molecule has 1 aromatic carbocycles. The zero-order valence-corrected chi connectivity index (χ0v) is 10.9. The predicted molar refractivity (Wildman–Crippen MR) is 71.6 cm³/mol. The third-order valence-corrected chi connectivity index (χ3v) is 4.79. The first kappa shape index (κ1) is 12.5. The Bertz CT molecular complexity index is 510. The van der Waals surface area contributed by atoms with Crippen molar-refractivity contribution >= 4 is 33.2 Å².